The number of piperidine rings is 1. The number of hydrogen-bond donors (Lipinski definition) is 2. The fourth-order valence-electron chi connectivity index (χ4n) is 4.13. The minimum Gasteiger partial charge on any atom is -0.338 e. The zero-order chi connectivity index (χ0) is 17.8. The van der Waals surface area contributed by atoms with E-state index in [-0.39, 0.29) is 30.3 Å². The third-order valence-electron chi connectivity index (χ3n) is 5.18. The number of para-hydroxylation sites is 1. The zero-order valence-electron chi connectivity index (χ0n) is 15.7. The Kier molecular flexibility index (Phi) is 7.47. The van der Waals surface area contributed by atoms with Gasteiger partial charge < -0.3 is 15.5 Å². The van der Waals surface area contributed by atoms with Gasteiger partial charge in [0.25, 0.3) is 5.91 Å². The SMILES string of the molecule is CC1CC(C)CN(C(=O)c2ccccc2NC(=O)CC2CCCN2)C1.Cl. The maximum atomic E-state index is 13.0. The molecule has 2 N–H and O–H groups in total. The first-order valence-electron chi connectivity index (χ1n) is 9.44. The lowest BCUT2D eigenvalue weighted by Crippen LogP contribution is -2.42. The molecule has 3 atom stereocenters. The van der Waals surface area contributed by atoms with Crippen molar-refractivity contribution in [3.8, 4) is 0 Å². The quantitative estimate of drug-likeness (QED) is 0.843. The number of halogens is 1. The number of amides is 2. The van der Waals surface area contributed by atoms with E-state index in [1.165, 1.54) is 0 Å². The molecule has 2 saturated heterocycles. The average molecular weight is 380 g/mol. The van der Waals surface area contributed by atoms with Crippen molar-refractivity contribution in [2.75, 3.05) is 25.0 Å². The second-order valence-electron chi connectivity index (χ2n) is 7.75. The fourth-order valence-corrected chi connectivity index (χ4v) is 4.13. The third-order valence-corrected chi connectivity index (χ3v) is 5.18. The second-order valence-corrected chi connectivity index (χ2v) is 7.75. The molecule has 1 aromatic carbocycles. The smallest absolute Gasteiger partial charge is 0.255 e. The predicted octanol–water partition coefficient (Wildman–Crippen LogP) is 3.31. The minimum absolute atomic E-state index is 0. The Labute approximate surface area is 162 Å². The molecule has 26 heavy (non-hydrogen) atoms. The Morgan fingerprint density at radius 2 is 1.88 bits per heavy atom. The van der Waals surface area contributed by atoms with Crippen LogP contribution in [-0.4, -0.2) is 42.4 Å². The Morgan fingerprint density at radius 3 is 2.54 bits per heavy atom. The molecule has 0 radical (unpaired) electrons. The molecule has 2 heterocycles. The lowest BCUT2D eigenvalue weighted by Gasteiger charge is -2.35. The lowest BCUT2D eigenvalue weighted by atomic mass is 9.91. The van der Waals surface area contributed by atoms with Crippen LogP contribution in [0.2, 0.25) is 0 Å². The summed E-state index contributed by atoms with van der Waals surface area (Å²) in [6, 6.07) is 7.62. The summed E-state index contributed by atoms with van der Waals surface area (Å²) >= 11 is 0. The van der Waals surface area contributed by atoms with Gasteiger partial charge in [0, 0.05) is 25.6 Å². The number of hydrogen-bond acceptors (Lipinski definition) is 3. The summed E-state index contributed by atoms with van der Waals surface area (Å²) in [4.78, 5) is 27.3. The topological polar surface area (TPSA) is 61.4 Å². The van der Waals surface area contributed by atoms with Crippen LogP contribution in [-0.2, 0) is 4.79 Å². The van der Waals surface area contributed by atoms with E-state index in [0.717, 1.165) is 38.9 Å². The Bertz CT molecular complexity index is 621. The minimum atomic E-state index is -0.0277. The normalized spacial score (nSPS) is 25.5. The van der Waals surface area contributed by atoms with Gasteiger partial charge in [0.2, 0.25) is 5.91 Å². The summed E-state index contributed by atoms with van der Waals surface area (Å²) in [5.74, 6) is 1.03. The van der Waals surface area contributed by atoms with Gasteiger partial charge in [-0.2, -0.15) is 0 Å². The number of carbonyl (C=O) groups is 2. The van der Waals surface area contributed by atoms with Gasteiger partial charge in [-0.3, -0.25) is 9.59 Å². The van der Waals surface area contributed by atoms with Gasteiger partial charge in [0.1, 0.15) is 0 Å². The predicted molar refractivity (Wildman–Crippen MR) is 107 cm³/mol. The maximum absolute atomic E-state index is 13.0. The van der Waals surface area contributed by atoms with Gasteiger partial charge in [0.15, 0.2) is 0 Å². The lowest BCUT2D eigenvalue weighted by molar-refractivity contribution is -0.116. The highest BCUT2D eigenvalue weighted by molar-refractivity contribution is 6.03. The van der Waals surface area contributed by atoms with E-state index in [1.807, 2.05) is 29.2 Å². The van der Waals surface area contributed by atoms with Gasteiger partial charge in [-0.25, -0.2) is 0 Å². The van der Waals surface area contributed by atoms with Crippen molar-refractivity contribution in [3.05, 3.63) is 29.8 Å². The Morgan fingerprint density at radius 1 is 1.19 bits per heavy atom. The van der Waals surface area contributed by atoms with Gasteiger partial charge in [-0.1, -0.05) is 26.0 Å². The van der Waals surface area contributed by atoms with Gasteiger partial charge in [-0.15, -0.1) is 12.4 Å². The molecule has 2 aliphatic rings. The summed E-state index contributed by atoms with van der Waals surface area (Å²) < 4.78 is 0. The van der Waals surface area contributed by atoms with Crippen LogP contribution >= 0.6 is 12.4 Å². The molecule has 0 saturated carbocycles. The van der Waals surface area contributed by atoms with E-state index >= 15 is 0 Å². The first kappa shape index (κ1) is 20.7. The summed E-state index contributed by atoms with van der Waals surface area (Å²) in [5, 5.41) is 6.29. The molecule has 3 unspecified atom stereocenters. The van der Waals surface area contributed by atoms with Gasteiger partial charge in [-0.05, 0) is 49.8 Å². The fraction of sp³-hybridized carbons (Fsp3) is 0.600. The third kappa shape index (κ3) is 5.21. The summed E-state index contributed by atoms with van der Waals surface area (Å²) in [6.45, 7) is 6.95. The number of nitrogens with one attached hydrogen (secondary N) is 2. The molecule has 6 heteroatoms. The van der Waals surface area contributed by atoms with Crippen molar-refractivity contribution in [2.45, 2.75) is 45.6 Å². The van der Waals surface area contributed by atoms with Crippen LogP contribution in [0.25, 0.3) is 0 Å². The van der Waals surface area contributed by atoms with E-state index < -0.39 is 0 Å². The summed E-state index contributed by atoms with van der Waals surface area (Å²) in [7, 11) is 0. The molecule has 3 rings (SSSR count). The molecular weight excluding hydrogens is 350 g/mol. The molecule has 0 aliphatic carbocycles. The molecule has 2 amide bonds. The maximum Gasteiger partial charge on any atom is 0.255 e. The highest BCUT2D eigenvalue weighted by atomic mass is 35.5. The van der Waals surface area contributed by atoms with Crippen LogP contribution < -0.4 is 10.6 Å². The van der Waals surface area contributed by atoms with Crippen molar-refractivity contribution >= 4 is 29.9 Å². The molecule has 5 nitrogen and oxygen atoms in total. The van der Waals surface area contributed by atoms with E-state index in [9.17, 15) is 9.59 Å². The first-order valence-corrected chi connectivity index (χ1v) is 9.44. The van der Waals surface area contributed by atoms with Crippen molar-refractivity contribution in [1.29, 1.82) is 0 Å². The van der Waals surface area contributed by atoms with Crippen LogP contribution in [0.1, 0.15) is 49.9 Å². The van der Waals surface area contributed by atoms with Crippen LogP contribution in [0, 0.1) is 11.8 Å². The van der Waals surface area contributed by atoms with Crippen LogP contribution in [0.5, 0.6) is 0 Å². The van der Waals surface area contributed by atoms with Gasteiger partial charge >= 0.3 is 0 Å². The Balaban J connectivity index is 0.00000243. The Hall–Kier alpha value is -1.59. The monoisotopic (exact) mass is 379 g/mol. The van der Waals surface area contributed by atoms with Crippen molar-refractivity contribution in [2.24, 2.45) is 11.8 Å². The highest BCUT2D eigenvalue weighted by Crippen LogP contribution is 2.25. The summed E-state index contributed by atoms with van der Waals surface area (Å²) in [5.41, 5.74) is 1.22. The van der Waals surface area contributed by atoms with Crippen LogP contribution in [0.4, 0.5) is 5.69 Å². The molecule has 0 bridgehead atoms. The molecule has 2 aliphatic heterocycles. The molecule has 144 valence electrons. The molecule has 2 fully saturated rings. The van der Waals surface area contributed by atoms with E-state index in [1.54, 1.807) is 0 Å². The van der Waals surface area contributed by atoms with Crippen LogP contribution in [0.15, 0.2) is 24.3 Å². The number of anilines is 1. The average Bonchev–Trinajstić information content (AvgIpc) is 3.06. The number of carbonyl (C=O) groups excluding carboxylic acids is 2. The van der Waals surface area contributed by atoms with E-state index in [4.69, 9.17) is 0 Å². The van der Waals surface area contributed by atoms with Crippen molar-refractivity contribution < 1.29 is 9.59 Å². The van der Waals surface area contributed by atoms with Crippen molar-refractivity contribution in [1.82, 2.24) is 10.2 Å². The van der Waals surface area contributed by atoms with E-state index in [0.29, 0.717) is 29.5 Å². The molecule has 0 spiro atoms. The van der Waals surface area contributed by atoms with E-state index in [2.05, 4.69) is 24.5 Å². The highest BCUT2D eigenvalue weighted by Gasteiger charge is 2.27. The summed E-state index contributed by atoms with van der Waals surface area (Å²) in [6.07, 6.45) is 3.78. The molecule has 1 aromatic rings. The molecular formula is C20H30ClN3O2. The largest absolute Gasteiger partial charge is 0.338 e. The number of rotatable bonds is 4. The zero-order valence-corrected chi connectivity index (χ0v) is 16.5. The number of likely N-dealkylation sites (tertiary alicyclic amines) is 1. The number of nitrogens with zero attached hydrogens (tertiary/aromatic N) is 1. The van der Waals surface area contributed by atoms with Crippen LogP contribution in [0.3, 0.4) is 0 Å². The molecule has 0 aromatic heterocycles. The van der Waals surface area contributed by atoms with Crippen molar-refractivity contribution in [3.63, 3.8) is 0 Å². The standard InChI is InChI=1S/C20H29N3O2.ClH/c1-14-10-15(2)13-23(12-14)20(25)17-7-3-4-8-18(17)22-19(24)11-16-6-5-9-21-16;/h3-4,7-8,14-16,21H,5-6,9-13H2,1-2H3,(H,22,24);1H. The number of benzene rings is 1. The first-order chi connectivity index (χ1) is 12.0. The second kappa shape index (κ2) is 9.38. The van der Waals surface area contributed by atoms with Gasteiger partial charge in [0.05, 0.1) is 11.3 Å².